The van der Waals surface area contributed by atoms with Crippen molar-refractivity contribution < 1.29 is 4.92 Å². The second kappa shape index (κ2) is 6.86. The van der Waals surface area contributed by atoms with E-state index >= 15 is 0 Å². The third kappa shape index (κ3) is 3.58. The maximum Gasteiger partial charge on any atom is 0.287 e. The summed E-state index contributed by atoms with van der Waals surface area (Å²) in [6, 6.07) is 10.7. The zero-order valence-electron chi connectivity index (χ0n) is 11.6. The molecule has 6 heteroatoms. The lowest BCUT2D eigenvalue weighted by Gasteiger charge is -2.18. The largest absolute Gasteiger partial charge is 0.377 e. The van der Waals surface area contributed by atoms with Crippen LogP contribution in [0.3, 0.4) is 0 Å². The molecule has 1 aromatic carbocycles. The number of rotatable bonds is 6. The summed E-state index contributed by atoms with van der Waals surface area (Å²) in [7, 11) is 0. The van der Waals surface area contributed by atoms with E-state index in [2.05, 4.69) is 18.3 Å². The number of hydrogen-bond donors (Lipinski definition) is 1. The second-order valence-corrected chi connectivity index (χ2v) is 5.58. The van der Waals surface area contributed by atoms with Crippen molar-refractivity contribution in [1.29, 1.82) is 5.26 Å². The van der Waals surface area contributed by atoms with Crippen LogP contribution >= 0.6 is 11.3 Å². The highest BCUT2D eigenvalue weighted by Gasteiger charge is 2.16. The third-order valence-corrected chi connectivity index (χ3v) is 4.10. The molecule has 0 radical (unpaired) electrons. The number of nitriles is 1. The molecule has 0 amide bonds. The fourth-order valence-corrected chi connectivity index (χ4v) is 2.95. The fourth-order valence-electron chi connectivity index (χ4n) is 2.14. The van der Waals surface area contributed by atoms with Gasteiger partial charge in [0.1, 0.15) is 11.6 Å². The van der Waals surface area contributed by atoms with Crippen LogP contribution < -0.4 is 5.32 Å². The average Bonchev–Trinajstić information content (AvgIpc) is 3.00. The summed E-state index contributed by atoms with van der Waals surface area (Å²) in [4.78, 5) is 11.5. The van der Waals surface area contributed by atoms with E-state index in [0.717, 1.165) is 18.5 Å². The Bertz CT molecular complexity index is 662. The molecule has 0 saturated heterocycles. The molecule has 1 atom stereocenters. The molecule has 0 aliphatic heterocycles. The first-order valence-corrected chi connectivity index (χ1v) is 7.52. The van der Waals surface area contributed by atoms with Crippen molar-refractivity contribution in [2.75, 3.05) is 5.32 Å². The lowest BCUT2D eigenvalue weighted by Crippen LogP contribution is -2.09. The van der Waals surface area contributed by atoms with E-state index < -0.39 is 4.92 Å². The first-order valence-electron chi connectivity index (χ1n) is 6.64. The molecule has 0 aliphatic carbocycles. The van der Waals surface area contributed by atoms with E-state index in [1.807, 2.05) is 17.5 Å². The van der Waals surface area contributed by atoms with Gasteiger partial charge in [0.25, 0.3) is 5.69 Å². The van der Waals surface area contributed by atoms with Crippen molar-refractivity contribution in [3.05, 3.63) is 56.3 Å². The molecule has 0 fully saturated rings. The Morgan fingerprint density at radius 1 is 1.48 bits per heavy atom. The van der Waals surface area contributed by atoms with Crippen LogP contribution in [0.2, 0.25) is 0 Å². The zero-order valence-corrected chi connectivity index (χ0v) is 12.4. The number of hydrogen-bond acceptors (Lipinski definition) is 5. The van der Waals surface area contributed by atoms with E-state index in [9.17, 15) is 10.1 Å². The maximum atomic E-state index is 10.8. The Labute approximate surface area is 127 Å². The second-order valence-electron chi connectivity index (χ2n) is 4.60. The van der Waals surface area contributed by atoms with Gasteiger partial charge in [-0.25, -0.2) is 0 Å². The molecule has 0 saturated carbocycles. The van der Waals surface area contributed by atoms with Crippen molar-refractivity contribution in [2.24, 2.45) is 0 Å². The number of nitro groups is 1. The summed E-state index contributed by atoms with van der Waals surface area (Å²) >= 11 is 1.67. The Hall–Kier alpha value is -2.39. The highest BCUT2D eigenvalue weighted by molar-refractivity contribution is 7.10. The van der Waals surface area contributed by atoms with Crippen molar-refractivity contribution in [3.63, 3.8) is 0 Å². The minimum Gasteiger partial charge on any atom is -0.377 e. The number of nitrogens with zero attached hydrogens (tertiary/aromatic N) is 2. The molecule has 2 aromatic rings. The van der Waals surface area contributed by atoms with Gasteiger partial charge in [0, 0.05) is 16.6 Å². The SMILES string of the molecule is CCCC(Nc1ccc([N+](=O)[O-])c(C#N)c1)c1cccs1. The lowest BCUT2D eigenvalue weighted by molar-refractivity contribution is -0.385. The highest BCUT2D eigenvalue weighted by atomic mass is 32.1. The summed E-state index contributed by atoms with van der Waals surface area (Å²) in [5.74, 6) is 0. The molecule has 0 bridgehead atoms. The molecule has 1 aromatic heterocycles. The Morgan fingerprint density at radius 3 is 2.86 bits per heavy atom. The minimum absolute atomic E-state index is 0.0754. The normalized spacial score (nSPS) is 11.6. The molecule has 21 heavy (non-hydrogen) atoms. The fraction of sp³-hybridized carbons (Fsp3) is 0.267. The Balaban J connectivity index is 2.25. The van der Waals surface area contributed by atoms with Crippen LogP contribution in [-0.4, -0.2) is 4.92 Å². The standard InChI is InChI=1S/C15H15N3O2S/c1-2-4-13(15-5-3-8-21-15)17-12-6-7-14(18(19)20)11(9-12)10-16/h3,5-9,13,17H,2,4H2,1H3. The van der Waals surface area contributed by atoms with Gasteiger partial charge in [0.05, 0.1) is 11.0 Å². The molecular weight excluding hydrogens is 286 g/mol. The van der Waals surface area contributed by atoms with E-state index in [4.69, 9.17) is 5.26 Å². The van der Waals surface area contributed by atoms with Crippen molar-refractivity contribution in [3.8, 4) is 6.07 Å². The van der Waals surface area contributed by atoms with Crippen LogP contribution in [-0.2, 0) is 0 Å². The van der Waals surface area contributed by atoms with Crippen LogP contribution in [0.15, 0.2) is 35.7 Å². The first-order chi connectivity index (χ1) is 10.2. The van der Waals surface area contributed by atoms with E-state index in [1.54, 1.807) is 17.4 Å². The van der Waals surface area contributed by atoms with Gasteiger partial charge >= 0.3 is 0 Å². The van der Waals surface area contributed by atoms with Gasteiger partial charge in [0.2, 0.25) is 0 Å². The molecule has 5 nitrogen and oxygen atoms in total. The Morgan fingerprint density at radius 2 is 2.29 bits per heavy atom. The molecule has 1 heterocycles. The van der Waals surface area contributed by atoms with Gasteiger partial charge in [0.15, 0.2) is 0 Å². The van der Waals surface area contributed by atoms with Crippen LogP contribution in [0.1, 0.15) is 36.2 Å². The predicted octanol–water partition coefficient (Wildman–Crippen LogP) is 4.48. The third-order valence-electron chi connectivity index (χ3n) is 3.12. The number of benzene rings is 1. The van der Waals surface area contributed by atoms with E-state index in [1.165, 1.54) is 17.0 Å². The van der Waals surface area contributed by atoms with Crippen LogP contribution in [0.25, 0.3) is 0 Å². The topological polar surface area (TPSA) is 79.0 Å². The average molecular weight is 301 g/mol. The van der Waals surface area contributed by atoms with E-state index in [-0.39, 0.29) is 17.3 Å². The van der Waals surface area contributed by atoms with Crippen molar-refractivity contribution in [2.45, 2.75) is 25.8 Å². The molecule has 0 aliphatic rings. The van der Waals surface area contributed by atoms with Gasteiger partial charge < -0.3 is 5.32 Å². The molecular formula is C15H15N3O2S. The molecule has 2 rings (SSSR count). The summed E-state index contributed by atoms with van der Waals surface area (Å²) in [6.07, 6.45) is 1.98. The summed E-state index contributed by atoms with van der Waals surface area (Å²) in [6.45, 7) is 2.11. The predicted molar refractivity (Wildman–Crippen MR) is 83.4 cm³/mol. The van der Waals surface area contributed by atoms with Gasteiger partial charge in [-0.3, -0.25) is 10.1 Å². The number of anilines is 1. The highest BCUT2D eigenvalue weighted by Crippen LogP contribution is 2.29. The monoisotopic (exact) mass is 301 g/mol. The number of nitro benzene ring substituents is 1. The number of thiophene rings is 1. The van der Waals surface area contributed by atoms with Gasteiger partial charge in [-0.2, -0.15) is 5.26 Å². The zero-order chi connectivity index (χ0) is 15.2. The Kier molecular flexibility index (Phi) is 4.90. The van der Waals surface area contributed by atoms with Crippen LogP contribution in [0.5, 0.6) is 0 Å². The number of nitrogens with one attached hydrogen (secondary N) is 1. The molecule has 108 valence electrons. The van der Waals surface area contributed by atoms with Crippen molar-refractivity contribution in [1.82, 2.24) is 0 Å². The van der Waals surface area contributed by atoms with Gasteiger partial charge in [-0.15, -0.1) is 11.3 Å². The first kappa shape index (κ1) is 15.0. The summed E-state index contributed by atoms with van der Waals surface area (Å²) < 4.78 is 0. The minimum atomic E-state index is -0.537. The molecule has 0 spiro atoms. The van der Waals surface area contributed by atoms with Crippen LogP contribution in [0.4, 0.5) is 11.4 Å². The smallest absolute Gasteiger partial charge is 0.287 e. The summed E-state index contributed by atoms with van der Waals surface area (Å²) in [5, 5.41) is 25.3. The maximum absolute atomic E-state index is 10.8. The molecule has 1 N–H and O–H groups in total. The quantitative estimate of drug-likeness (QED) is 0.630. The van der Waals surface area contributed by atoms with Gasteiger partial charge in [-0.1, -0.05) is 19.4 Å². The molecule has 1 unspecified atom stereocenters. The van der Waals surface area contributed by atoms with Crippen molar-refractivity contribution >= 4 is 22.7 Å². The lowest BCUT2D eigenvalue weighted by atomic mass is 10.1. The van der Waals surface area contributed by atoms with E-state index in [0.29, 0.717) is 0 Å². The summed E-state index contributed by atoms with van der Waals surface area (Å²) in [5.41, 5.74) is 0.640. The van der Waals surface area contributed by atoms with Gasteiger partial charge in [-0.05, 0) is 30.0 Å². The van der Waals surface area contributed by atoms with Crippen LogP contribution in [0, 0.1) is 21.4 Å².